The van der Waals surface area contributed by atoms with Gasteiger partial charge in [-0.25, -0.2) is 4.79 Å². The van der Waals surface area contributed by atoms with Crippen molar-refractivity contribution in [3.8, 4) is 0 Å². The first kappa shape index (κ1) is 7.72. The molecule has 1 rings (SSSR count). The third kappa shape index (κ3) is 1.77. The molecule has 57 valence electrons. The van der Waals surface area contributed by atoms with E-state index in [9.17, 15) is 4.79 Å². The molecule has 0 aromatic carbocycles. The molecule has 0 saturated heterocycles. The van der Waals surface area contributed by atoms with Gasteiger partial charge in [-0.15, -0.1) is 0 Å². The second-order valence-electron chi connectivity index (χ2n) is 2.07. The maximum absolute atomic E-state index is 10.9. The summed E-state index contributed by atoms with van der Waals surface area (Å²) in [6.45, 7) is 3.63. The summed E-state index contributed by atoms with van der Waals surface area (Å²) in [6.07, 6.45) is 3.02. The Morgan fingerprint density at radius 2 is 2.36 bits per heavy atom. The maximum Gasteiger partial charge on any atom is 0.339 e. The van der Waals surface area contributed by atoms with Crippen LogP contribution in [0.1, 0.15) is 15.9 Å². The average molecular weight is 150 g/mol. The molecule has 0 aliphatic rings. The van der Waals surface area contributed by atoms with Crippen molar-refractivity contribution in [2.45, 2.75) is 0 Å². The fourth-order valence-electron chi connectivity index (χ4n) is 0.717. The molecule has 3 nitrogen and oxygen atoms in total. The summed E-state index contributed by atoms with van der Waals surface area (Å²) >= 11 is 0. The normalized spacial score (nSPS) is 9.27. The Labute approximate surface area is 65.0 Å². The van der Waals surface area contributed by atoms with E-state index in [-0.39, 0.29) is 5.97 Å². The van der Waals surface area contributed by atoms with Crippen LogP contribution in [-0.4, -0.2) is 18.1 Å². The Bertz CT molecular complexity index is 271. The first-order valence-electron chi connectivity index (χ1n) is 3.09. The maximum atomic E-state index is 10.9. The number of hydrogen-bond acceptors (Lipinski definition) is 3. The lowest BCUT2D eigenvalue weighted by molar-refractivity contribution is 0.0600. The number of nitrogens with zero attached hydrogens (tertiary/aromatic N) is 1. The van der Waals surface area contributed by atoms with Crippen LogP contribution in [-0.2, 0) is 4.74 Å². The molecule has 0 saturated carbocycles. The van der Waals surface area contributed by atoms with Gasteiger partial charge in [-0.3, -0.25) is 4.98 Å². The highest BCUT2D eigenvalue weighted by Gasteiger charge is 2.03. The highest BCUT2D eigenvalue weighted by atomic mass is 16.5. The summed E-state index contributed by atoms with van der Waals surface area (Å²) in [4.78, 5) is 14.7. The first-order chi connectivity index (χ1) is 5.24. The standard InChI is InChI=1S/C8H8NO2/c1-6-3-7(5-9-4-6)8(10)11-2/h3-5H,1H2,2H3. The smallest absolute Gasteiger partial charge is 0.339 e. The van der Waals surface area contributed by atoms with E-state index in [1.807, 2.05) is 0 Å². The van der Waals surface area contributed by atoms with Crippen molar-refractivity contribution >= 4 is 5.97 Å². The summed E-state index contributed by atoms with van der Waals surface area (Å²) < 4.78 is 4.48. The Hall–Kier alpha value is -1.38. The highest BCUT2D eigenvalue weighted by Crippen LogP contribution is 2.01. The Kier molecular flexibility index (Phi) is 2.21. The van der Waals surface area contributed by atoms with Crippen molar-refractivity contribution in [2.24, 2.45) is 0 Å². The van der Waals surface area contributed by atoms with Crippen LogP contribution in [0.4, 0.5) is 0 Å². The molecule has 11 heavy (non-hydrogen) atoms. The fraction of sp³-hybridized carbons (Fsp3) is 0.125. The molecule has 0 N–H and O–H groups in total. The second kappa shape index (κ2) is 3.14. The van der Waals surface area contributed by atoms with Crippen molar-refractivity contribution in [2.75, 3.05) is 7.11 Å². The van der Waals surface area contributed by atoms with Crippen molar-refractivity contribution in [1.82, 2.24) is 4.98 Å². The summed E-state index contributed by atoms with van der Waals surface area (Å²) in [5.41, 5.74) is 1.13. The third-order valence-electron chi connectivity index (χ3n) is 1.22. The third-order valence-corrected chi connectivity index (χ3v) is 1.22. The topological polar surface area (TPSA) is 39.2 Å². The number of hydrogen-bond donors (Lipinski definition) is 0. The number of carbonyl (C=O) groups is 1. The first-order valence-corrected chi connectivity index (χ1v) is 3.09. The molecule has 1 aromatic rings. The van der Waals surface area contributed by atoms with Crippen LogP contribution in [0.5, 0.6) is 0 Å². The van der Waals surface area contributed by atoms with Crippen LogP contribution in [0.3, 0.4) is 0 Å². The molecule has 0 unspecified atom stereocenters. The van der Waals surface area contributed by atoms with E-state index in [2.05, 4.69) is 16.6 Å². The van der Waals surface area contributed by atoms with Gasteiger partial charge in [0.15, 0.2) is 0 Å². The zero-order chi connectivity index (χ0) is 8.27. The van der Waals surface area contributed by atoms with Crippen molar-refractivity contribution in [3.05, 3.63) is 36.5 Å². The van der Waals surface area contributed by atoms with E-state index in [1.54, 1.807) is 12.3 Å². The number of ether oxygens (including phenoxy) is 1. The Morgan fingerprint density at radius 1 is 1.64 bits per heavy atom. The quantitative estimate of drug-likeness (QED) is 0.562. The zero-order valence-electron chi connectivity index (χ0n) is 6.20. The van der Waals surface area contributed by atoms with Crippen molar-refractivity contribution < 1.29 is 9.53 Å². The minimum absolute atomic E-state index is 0.386. The summed E-state index contributed by atoms with van der Waals surface area (Å²) in [6, 6.07) is 1.62. The molecule has 0 fully saturated rings. The van der Waals surface area contributed by atoms with Gasteiger partial charge in [0.05, 0.1) is 12.7 Å². The summed E-state index contributed by atoms with van der Waals surface area (Å²) in [5, 5.41) is 0. The van der Waals surface area contributed by atoms with Gasteiger partial charge in [-0.05, 0) is 18.6 Å². The van der Waals surface area contributed by atoms with Gasteiger partial charge in [0.25, 0.3) is 0 Å². The fourth-order valence-corrected chi connectivity index (χ4v) is 0.717. The molecule has 1 radical (unpaired) electrons. The molecule has 0 spiro atoms. The molecular weight excluding hydrogens is 142 g/mol. The molecular formula is C8H8NO2. The second-order valence-corrected chi connectivity index (χ2v) is 2.07. The highest BCUT2D eigenvalue weighted by molar-refractivity contribution is 5.89. The lowest BCUT2D eigenvalue weighted by Crippen LogP contribution is -2.01. The molecule has 0 aliphatic heterocycles. The van der Waals surface area contributed by atoms with Gasteiger partial charge in [-0.1, -0.05) is 0 Å². The van der Waals surface area contributed by atoms with E-state index >= 15 is 0 Å². The Morgan fingerprint density at radius 3 is 2.91 bits per heavy atom. The average Bonchev–Trinajstić information content (AvgIpc) is 2.03. The minimum atomic E-state index is -0.386. The molecule has 0 aliphatic carbocycles. The van der Waals surface area contributed by atoms with Crippen LogP contribution in [0.2, 0.25) is 0 Å². The molecule has 0 atom stereocenters. The predicted octanol–water partition coefficient (Wildman–Crippen LogP) is 1.05. The van der Waals surface area contributed by atoms with Crippen molar-refractivity contribution in [3.63, 3.8) is 0 Å². The van der Waals surface area contributed by atoms with Crippen LogP contribution < -0.4 is 0 Å². The molecule has 1 aromatic heterocycles. The van der Waals surface area contributed by atoms with Crippen molar-refractivity contribution in [1.29, 1.82) is 0 Å². The van der Waals surface area contributed by atoms with E-state index < -0.39 is 0 Å². The van der Waals surface area contributed by atoms with Gasteiger partial charge < -0.3 is 4.74 Å². The zero-order valence-corrected chi connectivity index (χ0v) is 6.20. The predicted molar refractivity (Wildman–Crippen MR) is 40.0 cm³/mol. The van der Waals surface area contributed by atoms with Gasteiger partial charge in [0.2, 0.25) is 0 Å². The van der Waals surface area contributed by atoms with Gasteiger partial charge in [0, 0.05) is 12.4 Å². The minimum Gasteiger partial charge on any atom is -0.465 e. The Balaban J connectivity index is 2.96. The lowest BCUT2D eigenvalue weighted by atomic mass is 10.2. The van der Waals surface area contributed by atoms with E-state index in [1.165, 1.54) is 13.3 Å². The summed E-state index contributed by atoms with van der Waals surface area (Å²) in [5.74, 6) is -0.386. The van der Waals surface area contributed by atoms with Crippen LogP contribution in [0.15, 0.2) is 18.5 Å². The molecule has 0 bridgehead atoms. The lowest BCUT2D eigenvalue weighted by Gasteiger charge is -1.97. The molecule has 3 heteroatoms. The number of aromatic nitrogens is 1. The summed E-state index contributed by atoms with van der Waals surface area (Å²) in [7, 11) is 1.33. The van der Waals surface area contributed by atoms with Gasteiger partial charge in [0.1, 0.15) is 0 Å². The van der Waals surface area contributed by atoms with E-state index in [4.69, 9.17) is 0 Å². The number of esters is 1. The number of carbonyl (C=O) groups excluding carboxylic acids is 1. The number of pyridine rings is 1. The van der Waals surface area contributed by atoms with Gasteiger partial charge in [-0.2, -0.15) is 0 Å². The van der Waals surface area contributed by atoms with E-state index in [0.29, 0.717) is 11.1 Å². The van der Waals surface area contributed by atoms with Crippen LogP contribution in [0, 0.1) is 6.92 Å². The van der Waals surface area contributed by atoms with Gasteiger partial charge >= 0.3 is 5.97 Å². The molecule has 1 heterocycles. The van der Waals surface area contributed by atoms with Crippen LogP contribution >= 0.6 is 0 Å². The number of methoxy groups -OCH3 is 1. The van der Waals surface area contributed by atoms with Crippen LogP contribution in [0.25, 0.3) is 0 Å². The molecule has 0 amide bonds. The van der Waals surface area contributed by atoms with E-state index in [0.717, 1.165) is 0 Å². The number of rotatable bonds is 1. The monoisotopic (exact) mass is 150 g/mol. The largest absolute Gasteiger partial charge is 0.465 e. The SMILES string of the molecule is [CH2]c1cncc(C(=O)OC)c1.